The van der Waals surface area contributed by atoms with Crippen LogP contribution in [0.15, 0.2) is 58.1 Å². The number of hydrogen-bond donors (Lipinski definition) is 2. The van der Waals surface area contributed by atoms with Crippen LogP contribution in [0.25, 0.3) is 0 Å². The Kier molecular flexibility index (Phi) is 4.17. The molecule has 2 aromatic heterocycles. The number of rotatable bonds is 5. The van der Waals surface area contributed by atoms with Gasteiger partial charge in [0.25, 0.3) is 10.0 Å². The highest BCUT2D eigenvalue weighted by atomic mass is 32.2. The van der Waals surface area contributed by atoms with Crippen molar-refractivity contribution in [2.45, 2.75) is 11.8 Å². The summed E-state index contributed by atoms with van der Waals surface area (Å²) in [5.41, 5.74) is 0.619. The standard InChI is InChI=1S/C15H13FN4O3S/c1-10-8-15(19-23-10)18-12-4-7-14(17-9-12)20-24(21,22)13-5-2-11(16)3-6-13/h2-9H,1H3,(H,17,20)(H,18,19). The Labute approximate surface area is 137 Å². The molecule has 2 heterocycles. The molecule has 0 spiro atoms. The SMILES string of the molecule is Cc1cc(Nc2ccc(NS(=O)(=O)c3ccc(F)cc3)nc2)no1. The molecule has 0 fully saturated rings. The Balaban J connectivity index is 1.72. The lowest BCUT2D eigenvalue weighted by molar-refractivity contribution is 0.400. The Morgan fingerprint density at radius 1 is 1.08 bits per heavy atom. The second-order valence-electron chi connectivity index (χ2n) is 4.94. The van der Waals surface area contributed by atoms with Crippen molar-refractivity contribution in [2.24, 2.45) is 0 Å². The molecule has 3 rings (SSSR count). The molecule has 0 unspecified atom stereocenters. The van der Waals surface area contributed by atoms with Gasteiger partial charge in [0.15, 0.2) is 5.82 Å². The van der Waals surface area contributed by atoms with Crippen LogP contribution in [0.2, 0.25) is 0 Å². The van der Waals surface area contributed by atoms with E-state index in [-0.39, 0.29) is 10.7 Å². The van der Waals surface area contributed by atoms with Gasteiger partial charge >= 0.3 is 0 Å². The van der Waals surface area contributed by atoms with E-state index >= 15 is 0 Å². The Morgan fingerprint density at radius 3 is 2.42 bits per heavy atom. The largest absolute Gasteiger partial charge is 0.360 e. The molecule has 1 aromatic carbocycles. The van der Waals surface area contributed by atoms with E-state index < -0.39 is 15.8 Å². The maximum atomic E-state index is 12.9. The molecule has 124 valence electrons. The van der Waals surface area contributed by atoms with E-state index in [1.165, 1.54) is 24.4 Å². The van der Waals surface area contributed by atoms with Gasteiger partial charge < -0.3 is 9.84 Å². The lowest BCUT2D eigenvalue weighted by Gasteiger charge is -2.08. The van der Waals surface area contributed by atoms with Crippen LogP contribution in [0.5, 0.6) is 0 Å². The van der Waals surface area contributed by atoms with Crippen LogP contribution in [0, 0.1) is 12.7 Å². The molecule has 0 saturated carbocycles. The van der Waals surface area contributed by atoms with Crippen molar-refractivity contribution in [2.75, 3.05) is 10.0 Å². The van der Waals surface area contributed by atoms with Gasteiger partial charge in [-0.1, -0.05) is 5.16 Å². The maximum Gasteiger partial charge on any atom is 0.263 e. The zero-order valence-corrected chi connectivity index (χ0v) is 13.3. The summed E-state index contributed by atoms with van der Waals surface area (Å²) in [6.07, 6.45) is 1.45. The second-order valence-corrected chi connectivity index (χ2v) is 6.62. The lowest BCUT2D eigenvalue weighted by Crippen LogP contribution is -2.13. The second kappa shape index (κ2) is 6.28. The van der Waals surface area contributed by atoms with E-state index in [2.05, 4.69) is 20.2 Å². The summed E-state index contributed by atoms with van der Waals surface area (Å²) in [4.78, 5) is 3.97. The van der Waals surface area contributed by atoms with Gasteiger partial charge in [0.1, 0.15) is 17.4 Å². The van der Waals surface area contributed by atoms with Crippen molar-refractivity contribution in [3.05, 3.63) is 60.2 Å². The monoisotopic (exact) mass is 348 g/mol. The van der Waals surface area contributed by atoms with Gasteiger partial charge in [0.05, 0.1) is 16.8 Å². The summed E-state index contributed by atoms with van der Waals surface area (Å²) in [6, 6.07) is 9.37. The van der Waals surface area contributed by atoms with Crippen LogP contribution in [-0.4, -0.2) is 18.6 Å². The molecule has 0 radical (unpaired) electrons. The number of sulfonamides is 1. The number of nitrogens with one attached hydrogen (secondary N) is 2. The van der Waals surface area contributed by atoms with Crippen LogP contribution in [0.1, 0.15) is 5.76 Å². The zero-order valence-electron chi connectivity index (χ0n) is 12.5. The van der Waals surface area contributed by atoms with Gasteiger partial charge in [0, 0.05) is 6.07 Å². The molecular weight excluding hydrogens is 335 g/mol. The fraction of sp³-hybridized carbons (Fsp3) is 0.0667. The summed E-state index contributed by atoms with van der Waals surface area (Å²) in [7, 11) is -3.83. The first-order valence-electron chi connectivity index (χ1n) is 6.87. The minimum atomic E-state index is -3.83. The van der Waals surface area contributed by atoms with Crippen LogP contribution >= 0.6 is 0 Å². The van der Waals surface area contributed by atoms with E-state index in [4.69, 9.17) is 4.52 Å². The molecule has 0 atom stereocenters. The van der Waals surface area contributed by atoms with Gasteiger partial charge in [-0.25, -0.2) is 17.8 Å². The number of aromatic nitrogens is 2. The average Bonchev–Trinajstić information content (AvgIpc) is 2.94. The predicted octanol–water partition coefficient (Wildman–Crippen LogP) is 3.06. The minimum absolute atomic E-state index is 0.0500. The van der Waals surface area contributed by atoms with E-state index in [9.17, 15) is 12.8 Å². The molecule has 0 aliphatic rings. The number of hydrogen-bond acceptors (Lipinski definition) is 6. The molecule has 0 saturated heterocycles. The first kappa shape index (κ1) is 15.9. The first-order valence-corrected chi connectivity index (χ1v) is 8.35. The van der Waals surface area contributed by atoms with Crippen molar-refractivity contribution >= 4 is 27.3 Å². The summed E-state index contributed by atoms with van der Waals surface area (Å²) in [5, 5.41) is 6.75. The van der Waals surface area contributed by atoms with Crippen LogP contribution in [0.3, 0.4) is 0 Å². The van der Waals surface area contributed by atoms with Crippen molar-refractivity contribution in [1.29, 1.82) is 0 Å². The number of aryl methyl sites for hydroxylation is 1. The number of nitrogens with zero attached hydrogens (tertiary/aromatic N) is 2. The molecule has 24 heavy (non-hydrogen) atoms. The van der Waals surface area contributed by atoms with E-state index in [0.717, 1.165) is 12.1 Å². The first-order chi connectivity index (χ1) is 11.4. The molecule has 9 heteroatoms. The Bertz CT molecular complexity index is 938. The summed E-state index contributed by atoms with van der Waals surface area (Å²) in [6.45, 7) is 1.77. The number of benzene rings is 1. The maximum absolute atomic E-state index is 12.9. The molecule has 0 amide bonds. The quantitative estimate of drug-likeness (QED) is 0.735. The third-order valence-corrected chi connectivity index (χ3v) is 4.40. The van der Waals surface area contributed by atoms with Crippen LogP contribution < -0.4 is 10.0 Å². The Hall–Kier alpha value is -2.94. The van der Waals surface area contributed by atoms with Crippen molar-refractivity contribution in [3.8, 4) is 0 Å². The van der Waals surface area contributed by atoms with Gasteiger partial charge in [-0.05, 0) is 43.3 Å². The molecule has 0 aliphatic heterocycles. The highest BCUT2D eigenvalue weighted by Gasteiger charge is 2.14. The van der Waals surface area contributed by atoms with E-state index in [1.54, 1.807) is 19.1 Å². The van der Waals surface area contributed by atoms with E-state index in [0.29, 0.717) is 17.3 Å². The summed E-state index contributed by atoms with van der Waals surface area (Å²) in [5.74, 6) is 0.815. The molecule has 2 N–H and O–H groups in total. The summed E-state index contributed by atoms with van der Waals surface area (Å²) >= 11 is 0. The molecule has 0 bridgehead atoms. The van der Waals surface area contributed by atoms with Crippen molar-refractivity contribution in [3.63, 3.8) is 0 Å². The molecule has 0 aliphatic carbocycles. The van der Waals surface area contributed by atoms with Gasteiger partial charge in [0.2, 0.25) is 0 Å². The highest BCUT2D eigenvalue weighted by molar-refractivity contribution is 7.92. The summed E-state index contributed by atoms with van der Waals surface area (Å²) < 4.78 is 44.5. The van der Waals surface area contributed by atoms with Crippen LogP contribution in [0.4, 0.5) is 21.7 Å². The van der Waals surface area contributed by atoms with Crippen molar-refractivity contribution in [1.82, 2.24) is 10.1 Å². The third-order valence-electron chi connectivity index (χ3n) is 3.03. The molecule has 7 nitrogen and oxygen atoms in total. The smallest absolute Gasteiger partial charge is 0.263 e. The normalized spacial score (nSPS) is 11.2. The fourth-order valence-electron chi connectivity index (χ4n) is 1.91. The van der Waals surface area contributed by atoms with Crippen LogP contribution in [-0.2, 0) is 10.0 Å². The number of halogens is 1. The minimum Gasteiger partial charge on any atom is -0.360 e. The topological polar surface area (TPSA) is 97.1 Å². The lowest BCUT2D eigenvalue weighted by atomic mass is 10.4. The number of pyridine rings is 1. The Morgan fingerprint density at radius 2 is 1.83 bits per heavy atom. The highest BCUT2D eigenvalue weighted by Crippen LogP contribution is 2.19. The van der Waals surface area contributed by atoms with Crippen molar-refractivity contribution < 1.29 is 17.3 Å². The number of anilines is 3. The van der Waals surface area contributed by atoms with E-state index in [1.807, 2.05) is 0 Å². The third kappa shape index (κ3) is 3.69. The molecular formula is C15H13FN4O3S. The predicted molar refractivity (Wildman–Crippen MR) is 86.0 cm³/mol. The fourth-order valence-corrected chi connectivity index (χ4v) is 2.92. The van der Waals surface area contributed by atoms with Gasteiger partial charge in [-0.2, -0.15) is 0 Å². The average molecular weight is 348 g/mol. The van der Waals surface area contributed by atoms with Gasteiger partial charge in [-0.15, -0.1) is 0 Å². The van der Waals surface area contributed by atoms with Gasteiger partial charge in [-0.3, -0.25) is 4.72 Å². The zero-order chi connectivity index (χ0) is 17.2. The molecule has 3 aromatic rings.